The fourth-order valence-corrected chi connectivity index (χ4v) is 1.49. The molecule has 0 N–H and O–H groups in total. The highest BCUT2D eigenvalue weighted by atomic mass is 79.9. The van der Waals surface area contributed by atoms with Crippen molar-refractivity contribution in [2.75, 3.05) is 5.33 Å². The highest BCUT2D eigenvalue weighted by Gasteiger charge is 1.96. The van der Waals surface area contributed by atoms with E-state index in [-0.39, 0.29) is 0 Å². The number of rotatable bonds is 2. The number of aromatic nitrogens is 2. The molecular weight excluding hydrogens is 252 g/mol. The molecule has 0 saturated carbocycles. The highest BCUT2D eigenvalue weighted by Crippen LogP contribution is 2.11. The van der Waals surface area contributed by atoms with E-state index in [0.29, 0.717) is 0 Å². The number of nitrogens with zero attached hydrogens (tertiary/aromatic N) is 2. The Balaban J connectivity index is 2.47. The smallest absolute Gasteiger partial charge is 0.0894 e. The number of fused-ring (bicyclic) bond motifs is 1. The summed E-state index contributed by atoms with van der Waals surface area (Å²) in [5, 5.41) is 0.863. The summed E-state index contributed by atoms with van der Waals surface area (Å²) >= 11 is 3.41. The van der Waals surface area contributed by atoms with Gasteiger partial charge >= 0.3 is 0 Å². The van der Waals surface area contributed by atoms with Gasteiger partial charge in [-0.3, -0.25) is 4.98 Å². The fraction of sp³-hybridized carbons (Fsp3) is 0.167. The molecule has 1 heterocycles. The third-order valence-electron chi connectivity index (χ3n) is 2.07. The van der Waals surface area contributed by atoms with Gasteiger partial charge in [0.2, 0.25) is 0 Å². The Kier molecular flexibility index (Phi) is 3.11. The number of hydrogen-bond donors (Lipinski definition) is 0. The van der Waals surface area contributed by atoms with E-state index >= 15 is 0 Å². The van der Waals surface area contributed by atoms with Crippen LogP contribution in [0.4, 0.5) is 0 Å². The van der Waals surface area contributed by atoms with Gasteiger partial charge in [0.15, 0.2) is 0 Å². The molecule has 0 amide bonds. The van der Waals surface area contributed by atoms with Gasteiger partial charge in [0.1, 0.15) is 0 Å². The number of benzene rings is 1. The molecule has 0 spiro atoms. The van der Waals surface area contributed by atoms with Crippen molar-refractivity contribution in [3.05, 3.63) is 41.7 Å². The Morgan fingerprint density at radius 2 is 2.07 bits per heavy atom. The molecule has 0 unspecified atom stereocenters. The van der Waals surface area contributed by atoms with E-state index in [4.69, 9.17) is 0 Å². The maximum absolute atomic E-state index is 4.50. The van der Waals surface area contributed by atoms with E-state index in [1.165, 1.54) is 5.57 Å². The van der Waals surface area contributed by atoms with Gasteiger partial charge in [0.25, 0.3) is 0 Å². The number of halogens is 1. The molecule has 15 heavy (non-hydrogen) atoms. The standard InChI is InChI=1S/C12H11BrN2/c1-9(7-13)6-10-8-14-11-4-2-3-5-12(11)15-10/h2-6,8H,7H2,1H3/b9-6-. The Bertz CT molecular complexity index is 506. The molecule has 2 aromatic rings. The van der Waals surface area contributed by atoms with Crippen LogP contribution in [0, 0.1) is 0 Å². The summed E-state index contributed by atoms with van der Waals surface area (Å²) in [6.45, 7) is 2.06. The van der Waals surface area contributed by atoms with Crippen LogP contribution in [0.3, 0.4) is 0 Å². The third-order valence-corrected chi connectivity index (χ3v) is 2.96. The first-order valence-electron chi connectivity index (χ1n) is 4.74. The van der Waals surface area contributed by atoms with Crippen molar-refractivity contribution in [2.24, 2.45) is 0 Å². The first-order chi connectivity index (χ1) is 7.29. The quantitative estimate of drug-likeness (QED) is 0.776. The molecule has 3 heteroatoms. The molecule has 2 nitrogen and oxygen atoms in total. The minimum atomic E-state index is 0.863. The molecule has 0 fully saturated rings. The van der Waals surface area contributed by atoms with E-state index < -0.39 is 0 Å². The Morgan fingerprint density at radius 3 is 2.80 bits per heavy atom. The lowest BCUT2D eigenvalue weighted by atomic mass is 10.2. The first kappa shape index (κ1) is 10.3. The van der Waals surface area contributed by atoms with Crippen LogP contribution in [-0.4, -0.2) is 15.3 Å². The number of para-hydroxylation sites is 2. The van der Waals surface area contributed by atoms with Gasteiger partial charge in [-0.2, -0.15) is 0 Å². The van der Waals surface area contributed by atoms with Gasteiger partial charge in [0.05, 0.1) is 22.9 Å². The normalized spacial score (nSPS) is 12.0. The molecule has 76 valence electrons. The zero-order valence-corrected chi connectivity index (χ0v) is 10.0. The van der Waals surface area contributed by atoms with Gasteiger partial charge in [-0.1, -0.05) is 33.6 Å². The SMILES string of the molecule is C/C(=C/c1cnc2ccccc2n1)CBr. The molecule has 0 aliphatic carbocycles. The summed E-state index contributed by atoms with van der Waals surface area (Å²) in [5.41, 5.74) is 4.02. The summed E-state index contributed by atoms with van der Waals surface area (Å²) in [4.78, 5) is 8.85. The Hall–Kier alpha value is -1.22. The van der Waals surface area contributed by atoms with Crippen molar-refractivity contribution in [2.45, 2.75) is 6.92 Å². The molecule has 1 aromatic carbocycles. The van der Waals surface area contributed by atoms with Crippen LogP contribution in [0.15, 0.2) is 36.0 Å². The van der Waals surface area contributed by atoms with Crippen LogP contribution in [0.1, 0.15) is 12.6 Å². The lowest BCUT2D eigenvalue weighted by Crippen LogP contribution is -1.88. The molecule has 0 aliphatic heterocycles. The van der Waals surface area contributed by atoms with Gasteiger partial charge in [-0.05, 0) is 25.1 Å². The summed E-state index contributed by atoms with van der Waals surface area (Å²) < 4.78 is 0. The minimum absolute atomic E-state index is 0.863. The van der Waals surface area contributed by atoms with Gasteiger partial charge < -0.3 is 0 Å². The highest BCUT2D eigenvalue weighted by molar-refractivity contribution is 9.09. The van der Waals surface area contributed by atoms with Crippen LogP contribution >= 0.6 is 15.9 Å². The van der Waals surface area contributed by atoms with E-state index in [1.54, 1.807) is 6.20 Å². The maximum Gasteiger partial charge on any atom is 0.0894 e. The predicted octanol–water partition coefficient (Wildman–Crippen LogP) is 3.43. The van der Waals surface area contributed by atoms with Gasteiger partial charge in [-0.15, -0.1) is 0 Å². The van der Waals surface area contributed by atoms with E-state index in [0.717, 1.165) is 22.1 Å². The second-order valence-corrected chi connectivity index (χ2v) is 3.97. The van der Waals surface area contributed by atoms with E-state index in [2.05, 4.69) is 32.8 Å². The summed E-state index contributed by atoms with van der Waals surface area (Å²) in [6.07, 6.45) is 3.84. The molecule has 1 aromatic heterocycles. The van der Waals surface area contributed by atoms with Crippen LogP contribution < -0.4 is 0 Å². The van der Waals surface area contributed by atoms with Crippen LogP contribution in [-0.2, 0) is 0 Å². The fourth-order valence-electron chi connectivity index (χ4n) is 1.33. The molecule has 0 saturated heterocycles. The monoisotopic (exact) mass is 262 g/mol. The molecule has 2 rings (SSSR count). The predicted molar refractivity (Wildman–Crippen MR) is 67.0 cm³/mol. The first-order valence-corrected chi connectivity index (χ1v) is 5.86. The average molecular weight is 263 g/mol. The molecule has 0 radical (unpaired) electrons. The van der Waals surface area contributed by atoms with Crippen molar-refractivity contribution in [1.82, 2.24) is 9.97 Å². The zero-order chi connectivity index (χ0) is 10.7. The molecule has 0 atom stereocenters. The van der Waals surface area contributed by atoms with Crippen molar-refractivity contribution < 1.29 is 0 Å². The molecule has 0 bridgehead atoms. The van der Waals surface area contributed by atoms with Crippen molar-refractivity contribution in [3.63, 3.8) is 0 Å². The van der Waals surface area contributed by atoms with Crippen molar-refractivity contribution in [1.29, 1.82) is 0 Å². The summed E-state index contributed by atoms with van der Waals surface area (Å²) in [6, 6.07) is 7.88. The maximum atomic E-state index is 4.50. The second-order valence-electron chi connectivity index (χ2n) is 3.41. The molecule has 0 aliphatic rings. The van der Waals surface area contributed by atoms with Crippen molar-refractivity contribution >= 4 is 33.0 Å². The van der Waals surface area contributed by atoms with Crippen LogP contribution in [0.5, 0.6) is 0 Å². The number of allylic oxidation sites excluding steroid dienone is 1. The van der Waals surface area contributed by atoms with E-state index in [1.807, 2.05) is 30.3 Å². The zero-order valence-electron chi connectivity index (χ0n) is 8.44. The minimum Gasteiger partial charge on any atom is -0.252 e. The number of alkyl halides is 1. The second kappa shape index (κ2) is 4.53. The lowest BCUT2D eigenvalue weighted by molar-refractivity contribution is 1.26. The average Bonchev–Trinajstić information content (AvgIpc) is 2.29. The van der Waals surface area contributed by atoms with Gasteiger partial charge in [0, 0.05) is 5.33 Å². The Morgan fingerprint density at radius 1 is 1.33 bits per heavy atom. The molecular formula is C12H11BrN2. The summed E-state index contributed by atoms with van der Waals surface area (Å²) in [7, 11) is 0. The number of hydrogen-bond acceptors (Lipinski definition) is 2. The summed E-state index contributed by atoms with van der Waals surface area (Å²) in [5.74, 6) is 0. The van der Waals surface area contributed by atoms with Crippen LogP contribution in [0.25, 0.3) is 17.1 Å². The largest absolute Gasteiger partial charge is 0.252 e. The lowest BCUT2D eigenvalue weighted by Gasteiger charge is -1.98. The van der Waals surface area contributed by atoms with E-state index in [9.17, 15) is 0 Å². The third kappa shape index (κ3) is 2.42. The van der Waals surface area contributed by atoms with Gasteiger partial charge in [-0.25, -0.2) is 4.98 Å². The topological polar surface area (TPSA) is 25.8 Å². The van der Waals surface area contributed by atoms with Crippen molar-refractivity contribution in [3.8, 4) is 0 Å². The Labute approximate surface area is 97.2 Å². The van der Waals surface area contributed by atoms with Crippen LogP contribution in [0.2, 0.25) is 0 Å².